The number of ketones is 1. The molecule has 7 nitrogen and oxygen atoms in total. The lowest BCUT2D eigenvalue weighted by molar-refractivity contribution is 0.0963. The molecule has 2 aromatic carbocycles. The van der Waals surface area contributed by atoms with Crippen LogP contribution in [0.3, 0.4) is 0 Å². The van der Waals surface area contributed by atoms with Gasteiger partial charge in [-0.3, -0.25) is 10.2 Å². The van der Waals surface area contributed by atoms with E-state index in [2.05, 4.69) is 10.0 Å². The van der Waals surface area contributed by atoms with E-state index < -0.39 is 0 Å². The number of carbonyl (C=O) groups excluding carboxylic acids is 1. The Morgan fingerprint density at radius 3 is 2.18 bits per heavy atom. The summed E-state index contributed by atoms with van der Waals surface area (Å²) in [5.41, 5.74) is 11.2. The summed E-state index contributed by atoms with van der Waals surface area (Å²) in [7, 11) is 0. The quantitative estimate of drug-likeness (QED) is 0.232. The molecule has 1 fully saturated rings. The summed E-state index contributed by atoms with van der Waals surface area (Å²) >= 11 is 0. The molecule has 0 saturated carbocycles. The lowest BCUT2D eigenvalue weighted by atomic mass is 9.78. The van der Waals surface area contributed by atoms with Gasteiger partial charge in [-0.05, 0) is 40.0 Å². The first-order valence-corrected chi connectivity index (χ1v) is 11.6. The van der Waals surface area contributed by atoms with Crippen LogP contribution in [-0.2, 0) is 10.8 Å². The molecular formula is C27H35N5O2. The topological polar surface area (TPSA) is 113 Å². The van der Waals surface area contributed by atoms with E-state index >= 15 is 0 Å². The van der Waals surface area contributed by atoms with E-state index in [9.17, 15) is 9.90 Å². The second kappa shape index (κ2) is 9.51. The van der Waals surface area contributed by atoms with Gasteiger partial charge < -0.3 is 10.0 Å². The molecule has 34 heavy (non-hydrogen) atoms. The third-order valence-corrected chi connectivity index (χ3v) is 6.48. The zero-order chi connectivity index (χ0) is 25.3. The normalized spacial score (nSPS) is 18.6. The standard InChI is InChI=1S/C27H35N5O2/c1-26(2,3)20-12-18(13-21(24(20)34)27(4,5)6)22(33)16-32-15-19(14-30-31-29)23(25(32)28)17-10-8-7-9-11-17/h7-13,19,23,28,34H,14-16H2,1-6H3/t19-,23+/m1/s1. The fourth-order valence-corrected chi connectivity index (χ4v) is 4.65. The van der Waals surface area contributed by atoms with Crippen LogP contribution in [0.2, 0.25) is 0 Å². The van der Waals surface area contributed by atoms with Crippen molar-refractivity contribution in [2.75, 3.05) is 19.6 Å². The molecule has 180 valence electrons. The van der Waals surface area contributed by atoms with Crippen molar-refractivity contribution in [2.24, 2.45) is 11.0 Å². The van der Waals surface area contributed by atoms with Gasteiger partial charge in [-0.1, -0.05) is 77.0 Å². The number of phenolic OH excluding ortho intramolecular Hbond substituents is 1. The van der Waals surface area contributed by atoms with Crippen LogP contribution in [0.25, 0.3) is 10.4 Å². The summed E-state index contributed by atoms with van der Waals surface area (Å²) in [6.45, 7) is 12.9. The van der Waals surface area contributed by atoms with Crippen molar-refractivity contribution in [3.8, 4) is 5.75 Å². The van der Waals surface area contributed by atoms with E-state index in [0.717, 1.165) is 16.7 Å². The Hall–Kier alpha value is -3.31. The van der Waals surface area contributed by atoms with Crippen LogP contribution in [0, 0.1) is 11.3 Å². The Labute approximate surface area is 201 Å². The molecule has 3 rings (SSSR count). The Balaban J connectivity index is 1.94. The largest absolute Gasteiger partial charge is 0.507 e. The van der Waals surface area contributed by atoms with Gasteiger partial charge >= 0.3 is 0 Å². The van der Waals surface area contributed by atoms with Crippen LogP contribution < -0.4 is 0 Å². The molecule has 7 heteroatoms. The van der Waals surface area contributed by atoms with Gasteiger partial charge in [-0.15, -0.1) is 0 Å². The molecule has 1 heterocycles. The van der Waals surface area contributed by atoms with Gasteiger partial charge in [-0.25, -0.2) is 0 Å². The molecule has 0 bridgehead atoms. The van der Waals surface area contributed by atoms with E-state index in [-0.39, 0.29) is 47.3 Å². The summed E-state index contributed by atoms with van der Waals surface area (Å²) < 4.78 is 0. The second-order valence-electron chi connectivity index (χ2n) is 11.2. The lowest BCUT2D eigenvalue weighted by Crippen LogP contribution is -2.32. The van der Waals surface area contributed by atoms with Crippen molar-refractivity contribution >= 4 is 11.6 Å². The monoisotopic (exact) mass is 461 g/mol. The molecule has 0 aromatic heterocycles. The highest BCUT2D eigenvalue weighted by Gasteiger charge is 2.39. The SMILES string of the molecule is CC(C)(C)c1cc(C(=O)CN2C[C@@H](CN=[N+]=[N-])[C@H](c3ccccc3)C2=N)cc(C(C)(C)C)c1O. The summed E-state index contributed by atoms with van der Waals surface area (Å²) in [6.07, 6.45) is 0. The number of azide groups is 1. The molecular weight excluding hydrogens is 426 g/mol. The smallest absolute Gasteiger partial charge is 0.182 e. The number of amidine groups is 1. The number of likely N-dealkylation sites (tertiary alicyclic amines) is 1. The Morgan fingerprint density at radius 1 is 1.12 bits per heavy atom. The average molecular weight is 462 g/mol. The van der Waals surface area contributed by atoms with Gasteiger partial charge in [0, 0.05) is 40.6 Å². The molecule has 0 radical (unpaired) electrons. The minimum atomic E-state index is -0.334. The zero-order valence-electron chi connectivity index (χ0n) is 21.0. The number of phenols is 1. The maximum atomic E-state index is 13.5. The van der Waals surface area contributed by atoms with Gasteiger partial charge in [0.05, 0.1) is 6.54 Å². The molecule has 1 saturated heterocycles. The fourth-order valence-electron chi connectivity index (χ4n) is 4.65. The summed E-state index contributed by atoms with van der Waals surface area (Å²) in [6, 6.07) is 13.3. The van der Waals surface area contributed by atoms with Crippen LogP contribution in [0.1, 0.15) is 74.5 Å². The van der Waals surface area contributed by atoms with Gasteiger partial charge in [0.2, 0.25) is 0 Å². The molecule has 1 aliphatic rings. The minimum Gasteiger partial charge on any atom is -0.507 e. The predicted octanol–water partition coefficient (Wildman–Crippen LogP) is 6.17. The third kappa shape index (κ3) is 5.26. The van der Waals surface area contributed by atoms with E-state index in [1.165, 1.54) is 0 Å². The first-order chi connectivity index (χ1) is 15.8. The van der Waals surface area contributed by atoms with Gasteiger partial charge in [0.15, 0.2) is 5.78 Å². The van der Waals surface area contributed by atoms with E-state index in [1.54, 1.807) is 17.0 Å². The number of rotatable bonds is 6. The van der Waals surface area contributed by atoms with Crippen molar-refractivity contribution in [1.29, 1.82) is 5.41 Å². The molecule has 2 atom stereocenters. The number of benzene rings is 2. The number of aromatic hydroxyl groups is 1. The average Bonchev–Trinajstić information content (AvgIpc) is 3.06. The van der Waals surface area contributed by atoms with E-state index in [1.807, 2.05) is 71.9 Å². The second-order valence-corrected chi connectivity index (χ2v) is 11.2. The zero-order valence-corrected chi connectivity index (χ0v) is 21.0. The summed E-state index contributed by atoms with van der Waals surface area (Å²) in [5.74, 6) is 0.202. The first kappa shape index (κ1) is 25.3. The van der Waals surface area contributed by atoms with Crippen molar-refractivity contribution in [1.82, 2.24) is 4.90 Å². The van der Waals surface area contributed by atoms with Crippen LogP contribution in [-0.4, -0.2) is 41.3 Å². The maximum absolute atomic E-state index is 13.5. The molecule has 0 aliphatic carbocycles. The molecule has 0 spiro atoms. The van der Waals surface area contributed by atoms with E-state index in [4.69, 9.17) is 10.9 Å². The van der Waals surface area contributed by atoms with Crippen LogP contribution in [0.15, 0.2) is 47.6 Å². The number of carbonyl (C=O) groups is 1. The predicted molar refractivity (Wildman–Crippen MR) is 136 cm³/mol. The van der Waals surface area contributed by atoms with Gasteiger partial charge in [0.25, 0.3) is 0 Å². The Kier molecular flexibility index (Phi) is 7.08. The lowest BCUT2D eigenvalue weighted by Gasteiger charge is -2.28. The van der Waals surface area contributed by atoms with Crippen molar-refractivity contribution < 1.29 is 9.90 Å². The molecule has 2 N–H and O–H groups in total. The first-order valence-electron chi connectivity index (χ1n) is 11.6. The third-order valence-electron chi connectivity index (χ3n) is 6.48. The highest BCUT2D eigenvalue weighted by molar-refractivity contribution is 6.01. The minimum absolute atomic E-state index is 0.0624. The van der Waals surface area contributed by atoms with Crippen LogP contribution >= 0.6 is 0 Å². The molecule has 0 amide bonds. The number of hydrogen-bond donors (Lipinski definition) is 2. The number of nitrogens with one attached hydrogen (secondary N) is 1. The number of hydrogen-bond acceptors (Lipinski definition) is 4. The summed E-state index contributed by atoms with van der Waals surface area (Å²) in [4.78, 5) is 18.2. The van der Waals surface area contributed by atoms with Crippen molar-refractivity contribution in [3.05, 3.63) is 75.2 Å². The molecule has 1 aliphatic heterocycles. The van der Waals surface area contributed by atoms with E-state index in [0.29, 0.717) is 17.9 Å². The highest BCUT2D eigenvalue weighted by atomic mass is 16.3. The molecule has 2 aromatic rings. The number of Topliss-reactive ketones (excluding diaryl/α,β-unsaturated/α-hetero) is 1. The fraction of sp³-hybridized carbons (Fsp3) is 0.481. The summed E-state index contributed by atoms with van der Waals surface area (Å²) in [5, 5.41) is 23.6. The van der Waals surface area contributed by atoms with Crippen molar-refractivity contribution in [3.63, 3.8) is 0 Å². The van der Waals surface area contributed by atoms with Crippen LogP contribution in [0.5, 0.6) is 5.75 Å². The van der Waals surface area contributed by atoms with Crippen LogP contribution in [0.4, 0.5) is 0 Å². The Morgan fingerprint density at radius 2 is 1.68 bits per heavy atom. The van der Waals surface area contributed by atoms with Crippen molar-refractivity contribution in [2.45, 2.75) is 58.3 Å². The molecule has 0 unspecified atom stereocenters. The van der Waals surface area contributed by atoms with Gasteiger partial charge in [0.1, 0.15) is 11.6 Å². The Bertz CT molecular complexity index is 1090. The van der Waals surface area contributed by atoms with Gasteiger partial charge in [-0.2, -0.15) is 0 Å². The number of nitrogens with zero attached hydrogens (tertiary/aromatic N) is 4. The maximum Gasteiger partial charge on any atom is 0.182 e. The highest BCUT2D eigenvalue weighted by Crippen LogP contribution is 2.40.